The van der Waals surface area contributed by atoms with Crippen molar-refractivity contribution in [1.29, 1.82) is 0 Å². The number of rotatable bonds is 0. The first-order valence-electron chi connectivity index (χ1n) is 4.86. The molecule has 2 aromatic carbocycles. The summed E-state index contributed by atoms with van der Waals surface area (Å²) in [4.78, 5) is 3.74. The average Bonchev–Trinajstić information content (AvgIpc) is 2.87. The van der Waals surface area contributed by atoms with Crippen molar-refractivity contribution in [3.8, 4) is 5.75 Å². The van der Waals surface area contributed by atoms with Gasteiger partial charge in [-0.15, -0.1) is 11.3 Å². The first kappa shape index (κ1) is 10.6. The Kier molecular flexibility index (Phi) is 3.51. The lowest BCUT2D eigenvalue weighted by Crippen LogP contribution is -1.69. The number of fused-ring (bicyclic) bond motifs is 1. The van der Waals surface area contributed by atoms with E-state index in [1.807, 2.05) is 35.7 Å². The number of aromatic nitrogens is 1. The van der Waals surface area contributed by atoms with Crippen molar-refractivity contribution < 1.29 is 5.11 Å². The normalized spacial score (nSPS) is 9.50. The molecule has 2 nitrogen and oxygen atoms in total. The number of phenols is 1. The molecule has 3 aromatic rings. The van der Waals surface area contributed by atoms with Crippen molar-refractivity contribution in [2.75, 3.05) is 0 Å². The van der Waals surface area contributed by atoms with Gasteiger partial charge in [0, 0.05) is 11.6 Å². The molecule has 1 N–H and O–H groups in total. The summed E-state index contributed by atoms with van der Waals surface area (Å²) in [6.07, 6.45) is 1.77. The van der Waals surface area contributed by atoms with E-state index in [0.717, 1.165) is 10.8 Å². The van der Waals surface area contributed by atoms with E-state index in [1.54, 1.807) is 35.2 Å². The molecule has 0 amide bonds. The van der Waals surface area contributed by atoms with Crippen LogP contribution in [-0.4, -0.2) is 10.1 Å². The zero-order valence-electron chi connectivity index (χ0n) is 8.58. The highest BCUT2D eigenvalue weighted by atomic mass is 32.1. The smallest absolute Gasteiger partial charge is 0.116 e. The summed E-state index contributed by atoms with van der Waals surface area (Å²) in [6, 6.07) is 13.3. The quantitative estimate of drug-likeness (QED) is 0.637. The molecule has 0 aliphatic carbocycles. The third kappa shape index (κ3) is 2.81. The fraction of sp³-hybridized carbons (Fsp3) is 0. The Morgan fingerprint density at radius 3 is 2.44 bits per heavy atom. The van der Waals surface area contributed by atoms with Crippen LogP contribution < -0.4 is 0 Å². The third-order valence-electron chi connectivity index (χ3n) is 2.08. The van der Waals surface area contributed by atoms with Crippen LogP contribution in [0.25, 0.3) is 10.8 Å². The predicted octanol–water partition coefficient (Wildman–Crippen LogP) is 3.69. The molecule has 1 heterocycles. The molecule has 3 rings (SSSR count). The van der Waals surface area contributed by atoms with E-state index < -0.39 is 0 Å². The topological polar surface area (TPSA) is 33.1 Å². The third-order valence-corrected chi connectivity index (χ3v) is 2.60. The van der Waals surface area contributed by atoms with Crippen LogP contribution >= 0.6 is 11.3 Å². The van der Waals surface area contributed by atoms with E-state index in [1.165, 1.54) is 0 Å². The van der Waals surface area contributed by atoms with E-state index in [2.05, 4.69) is 4.98 Å². The molecular formula is C13H11NOS. The summed E-state index contributed by atoms with van der Waals surface area (Å²) in [7, 11) is 0. The van der Waals surface area contributed by atoms with Gasteiger partial charge in [0.05, 0.1) is 5.51 Å². The second-order valence-electron chi connectivity index (χ2n) is 3.21. The Morgan fingerprint density at radius 1 is 1.00 bits per heavy atom. The summed E-state index contributed by atoms with van der Waals surface area (Å²) in [5, 5.41) is 13.3. The van der Waals surface area contributed by atoms with Gasteiger partial charge in [-0.25, -0.2) is 0 Å². The zero-order valence-corrected chi connectivity index (χ0v) is 9.39. The second-order valence-corrected chi connectivity index (χ2v) is 3.96. The van der Waals surface area contributed by atoms with Gasteiger partial charge in [0.15, 0.2) is 0 Å². The fourth-order valence-electron chi connectivity index (χ4n) is 1.35. The predicted molar refractivity (Wildman–Crippen MR) is 67.7 cm³/mol. The monoisotopic (exact) mass is 229 g/mol. The van der Waals surface area contributed by atoms with E-state index in [9.17, 15) is 0 Å². The minimum atomic E-state index is 0.323. The molecule has 0 atom stereocenters. The maximum absolute atomic E-state index is 9.13. The van der Waals surface area contributed by atoms with E-state index in [-0.39, 0.29) is 0 Å². The van der Waals surface area contributed by atoms with Crippen LogP contribution in [0.5, 0.6) is 5.75 Å². The van der Waals surface area contributed by atoms with Crippen molar-refractivity contribution in [3.05, 3.63) is 59.6 Å². The standard InChI is InChI=1S/C10H8O.C3H3NS/c11-10-6-5-8-3-1-2-4-9(8)7-10;1-2-5-3-4-1/h1-7,11H;1-3H. The van der Waals surface area contributed by atoms with Crippen molar-refractivity contribution in [3.63, 3.8) is 0 Å². The van der Waals surface area contributed by atoms with Gasteiger partial charge < -0.3 is 5.11 Å². The summed E-state index contributed by atoms with van der Waals surface area (Å²) < 4.78 is 0. The maximum Gasteiger partial charge on any atom is 0.116 e. The SMILES string of the molecule is Oc1ccc2ccccc2c1.c1cscn1. The minimum Gasteiger partial charge on any atom is -0.508 e. The first-order valence-corrected chi connectivity index (χ1v) is 5.80. The fourth-order valence-corrected chi connectivity index (χ4v) is 1.70. The Labute approximate surface area is 97.8 Å². The van der Waals surface area contributed by atoms with Crippen LogP contribution in [0.4, 0.5) is 0 Å². The molecule has 3 heteroatoms. The van der Waals surface area contributed by atoms with Gasteiger partial charge in [-0.05, 0) is 22.9 Å². The number of nitrogens with zero attached hydrogens (tertiary/aromatic N) is 1. The molecule has 0 saturated heterocycles. The number of phenolic OH excluding ortho intramolecular Hbond substituents is 1. The molecule has 80 valence electrons. The zero-order chi connectivity index (χ0) is 11.2. The van der Waals surface area contributed by atoms with Crippen LogP contribution in [-0.2, 0) is 0 Å². The van der Waals surface area contributed by atoms with Crippen LogP contribution in [0.1, 0.15) is 0 Å². The number of aromatic hydroxyl groups is 1. The Balaban J connectivity index is 0.000000162. The van der Waals surface area contributed by atoms with Crippen molar-refractivity contribution in [2.45, 2.75) is 0 Å². The lowest BCUT2D eigenvalue weighted by molar-refractivity contribution is 0.476. The van der Waals surface area contributed by atoms with Gasteiger partial charge in [0.2, 0.25) is 0 Å². The number of benzene rings is 2. The minimum absolute atomic E-state index is 0.323. The van der Waals surface area contributed by atoms with Crippen molar-refractivity contribution in [1.82, 2.24) is 4.98 Å². The molecule has 0 unspecified atom stereocenters. The van der Waals surface area contributed by atoms with Crippen molar-refractivity contribution >= 4 is 22.1 Å². The van der Waals surface area contributed by atoms with Crippen LogP contribution in [0.3, 0.4) is 0 Å². The molecular weight excluding hydrogens is 218 g/mol. The summed E-state index contributed by atoms with van der Waals surface area (Å²) >= 11 is 1.60. The van der Waals surface area contributed by atoms with E-state index in [4.69, 9.17) is 5.11 Å². The number of hydrogen-bond donors (Lipinski definition) is 1. The Hall–Kier alpha value is -1.87. The van der Waals surface area contributed by atoms with Gasteiger partial charge >= 0.3 is 0 Å². The van der Waals surface area contributed by atoms with Gasteiger partial charge in [-0.1, -0.05) is 30.3 Å². The second kappa shape index (κ2) is 5.28. The molecule has 0 aliphatic heterocycles. The molecule has 0 fully saturated rings. The molecule has 16 heavy (non-hydrogen) atoms. The Morgan fingerprint density at radius 2 is 1.81 bits per heavy atom. The van der Waals surface area contributed by atoms with Crippen LogP contribution in [0.2, 0.25) is 0 Å². The van der Waals surface area contributed by atoms with Crippen LogP contribution in [0, 0.1) is 0 Å². The highest BCUT2D eigenvalue weighted by Gasteiger charge is 1.91. The lowest BCUT2D eigenvalue weighted by Gasteiger charge is -1.96. The maximum atomic E-state index is 9.13. The highest BCUT2D eigenvalue weighted by molar-refractivity contribution is 7.07. The van der Waals surface area contributed by atoms with Gasteiger partial charge in [-0.3, -0.25) is 4.98 Å². The summed E-state index contributed by atoms with van der Waals surface area (Å²) in [5.41, 5.74) is 1.79. The largest absolute Gasteiger partial charge is 0.508 e. The number of hydrogen-bond acceptors (Lipinski definition) is 3. The molecule has 0 spiro atoms. The molecule has 0 saturated carbocycles. The molecule has 0 radical (unpaired) electrons. The van der Waals surface area contributed by atoms with Gasteiger partial charge in [0.25, 0.3) is 0 Å². The average molecular weight is 229 g/mol. The summed E-state index contributed by atoms with van der Waals surface area (Å²) in [5.74, 6) is 0.323. The van der Waals surface area contributed by atoms with Gasteiger partial charge in [-0.2, -0.15) is 0 Å². The summed E-state index contributed by atoms with van der Waals surface area (Å²) in [6.45, 7) is 0. The lowest BCUT2D eigenvalue weighted by atomic mass is 10.1. The molecule has 1 aromatic heterocycles. The Bertz CT molecular complexity index is 531. The van der Waals surface area contributed by atoms with E-state index >= 15 is 0 Å². The molecule has 0 aliphatic rings. The number of thiazole rings is 1. The van der Waals surface area contributed by atoms with E-state index in [0.29, 0.717) is 5.75 Å². The molecule has 0 bridgehead atoms. The highest BCUT2D eigenvalue weighted by Crippen LogP contribution is 2.18. The van der Waals surface area contributed by atoms with Gasteiger partial charge in [0.1, 0.15) is 5.75 Å². The van der Waals surface area contributed by atoms with Crippen LogP contribution in [0.15, 0.2) is 59.6 Å². The first-order chi connectivity index (χ1) is 7.86. The van der Waals surface area contributed by atoms with Crippen molar-refractivity contribution in [2.24, 2.45) is 0 Å².